The van der Waals surface area contributed by atoms with E-state index in [9.17, 15) is 14.7 Å². The lowest BCUT2D eigenvalue weighted by Crippen LogP contribution is -2.17. The Bertz CT molecular complexity index is 1290. The van der Waals surface area contributed by atoms with E-state index in [4.69, 9.17) is 11.6 Å². The first-order valence-corrected chi connectivity index (χ1v) is 9.88. The Morgan fingerprint density at radius 3 is 2.55 bits per heavy atom. The maximum absolute atomic E-state index is 12.2. The fourth-order valence-corrected chi connectivity index (χ4v) is 3.46. The molecule has 0 bridgehead atoms. The van der Waals surface area contributed by atoms with Crippen molar-refractivity contribution in [3.05, 3.63) is 106 Å². The highest BCUT2D eigenvalue weighted by molar-refractivity contribution is 6.30. The van der Waals surface area contributed by atoms with E-state index in [1.54, 1.807) is 48.7 Å². The number of nitrogens with one attached hydrogen (secondary N) is 1. The van der Waals surface area contributed by atoms with Crippen LogP contribution in [-0.4, -0.2) is 27.8 Å². The van der Waals surface area contributed by atoms with E-state index in [-0.39, 0.29) is 11.5 Å². The number of hydrogen-bond donors (Lipinski definition) is 2. The standard InChI is InChI=1S/C24H18ClN3O3/c25-20-10-8-17(9-11-20)23(29)27-26-13-19-15-28(22-7-2-1-6-21(19)22)14-16-4-3-5-18(12-16)24(30)31/h1-13,15H,14H2,(H,27,29)(H,30,31)/b26-13-. The fraction of sp³-hybridized carbons (Fsp3) is 0.0417. The van der Waals surface area contributed by atoms with Gasteiger partial charge in [0.25, 0.3) is 5.91 Å². The number of benzene rings is 3. The number of rotatable bonds is 6. The van der Waals surface area contributed by atoms with E-state index in [2.05, 4.69) is 10.5 Å². The second kappa shape index (κ2) is 8.85. The molecule has 0 radical (unpaired) electrons. The van der Waals surface area contributed by atoms with Gasteiger partial charge in [0.2, 0.25) is 0 Å². The van der Waals surface area contributed by atoms with Gasteiger partial charge in [-0.25, -0.2) is 10.2 Å². The molecule has 0 aliphatic rings. The summed E-state index contributed by atoms with van der Waals surface area (Å²) in [6.45, 7) is 0.507. The minimum atomic E-state index is -0.955. The molecule has 0 unspecified atom stereocenters. The summed E-state index contributed by atoms with van der Waals surface area (Å²) in [5, 5.41) is 14.9. The van der Waals surface area contributed by atoms with Gasteiger partial charge in [-0.3, -0.25) is 4.79 Å². The normalized spacial score (nSPS) is 11.1. The SMILES string of the molecule is O=C(O)c1cccc(Cn2cc(/C=N\NC(=O)c3ccc(Cl)cc3)c3ccccc32)c1. The van der Waals surface area contributed by atoms with Crippen LogP contribution in [0.25, 0.3) is 10.9 Å². The largest absolute Gasteiger partial charge is 0.478 e. The van der Waals surface area contributed by atoms with Gasteiger partial charge in [-0.15, -0.1) is 0 Å². The summed E-state index contributed by atoms with van der Waals surface area (Å²) in [5.74, 6) is -1.29. The van der Waals surface area contributed by atoms with Gasteiger partial charge in [-0.1, -0.05) is 41.9 Å². The summed E-state index contributed by atoms with van der Waals surface area (Å²) in [4.78, 5) is 23.5. The van der Waals surface area contributed by atoms with Crippen molar-refractivity contribution in [2.24, 2.45) is 5.10 Å². The molecule has 7 heteroatoms. The van der Waals surface area contributed by atoms with Crippen LogP contribution in [0, 0.1) is 0 Å². The third-order valence-corrected chi connectivity index (χ3v) is 5.07. The number of fused-ring (bicyclic) bond motifs is 1. The molecule has 0 saturated heterocycles. The monoisotopic (exact) mass is 431 g/mol. The van der Waals surface area contributed by atoms with Gasteiger partial charge >= 0.3 is 5.97 Å². The second-order valence-corrected chi connectivity index (χ2v) is 7.38. The lowest BCUT2D eigenvalue weighted by Gasteiger charge is -2.06. The number of carbonyl (C=O) groups excluding carboxylic acids is 1. The highest BCUT2D eigenvalue weighted by Crippen LogP contribution is 2.21. The molecular weight excluding hydrogens is 414 g/mol. The molecule has 1 heterocycles. The Morgan fingerprint density at radius 1 is 1.00 bits per heavy atom. The van der Waals surface area contributed by atoms with E-state index in [0.29, 0.717) is 17.1 Å². The quantitative estimate of drug-likeness (QED) is 0.339. The number of hydrazone groups is 1. The molecule has 1 aromatic heterocycles. The molecule has 4 rings (SSSR count). The van der Waals surface area contributed by atoms with Gasteiger partial charge in [0.1, 0.15) is 0 Å². The maximum Gasteiger partial charge on any atom is 0.335 e. The zero-order valence-electron chi connectivity index (χ0n) is 16.3. The van der Waals surface area contributed by atoms with Gasteiger partial charge in [-0.05, 0) is 48.0 Å². The van der Waals surface area contributed by atoms with Crippen molar-refractivity contribution in [1.82, 2.24) is 9.99 Å². The smallest absolute Gasteiger partial charge is 0.335 e. The van der Waals surface area contributed by atoms with Crippen LogP contribution >= 0.6 is 11.6 Å². The molecule has 0 fully saturated rings. The van der Waals surface area contributed by atoms with Crippen molar-refractivity contribution in [2.75, 3.05) is 0 Å². The lowest BCUT2D eigenvalue weighted by molar-refractivity contribution is 0.0696. The molecule has 31 heavy (non-hydrogen) atoms. The number of amides is 1. The van der Waals surface area contributed by atoms with Gasteiger partial charge in [0, 0.05) is 39.8 Å². The van der Waals surface area contributed by atoms with Crippen molar-refractivity contribution >= 4 is 40.6 Å². The van der Waals surface area contributed by atoms with Crippen molar-refractivity contribution < 1.29 is 14.7 Å². The molecule has 1 amide bonds. The van der Waals surface area contributed by atoms with E-state index in [1.807, 2.05) is 41.1 Å². The third kappa shape index (κ3) is 4.65. The number of aromatic carboxylic acids is 1. The summed E-state index contributed by atoms with van der Waals surface area (Å²) in [7, 11) is 0. The molecule has 0 saturated carbocycles. The zero-order valence-corrected chi connectivity index (χ0v) is 17.1. The summed E-state index contributed by atoms with van der Waals surface area (Å²) in [6, 6.07) is 21.2. The van der Waals surface area contributed by atoms with E-state index < -0.39 is 5.97 Å². The number of nitrogens with zero attached hydrogens (tertiary/aromatic N) is 2. The molecule has 4 aromatic rings. The van der Waals surface area contributed by atoms with Crippen LogP contribution in [-0.2, 0) is 6.54 Å². The van der Waals surface area contributed by atoms with Gasteiger partial charge in [-0.2, -0.15) is 5.10 Å². The number of carboxylic acids is 1. The van der Waals surface area contributed by atoms with Crippen molar-refractivity contribution in [3.8, 4) is 0 Å². The third-order valence-electron chi connectivity index (χ3n) is 4.82. The van der Waals surface area contributed by atoms with E-state index in [1.165, 1.54) is 0 Å². The number of aromatic nitrogens is 1. The average molecular weight is 432 g/mol. The first kappa shape index (κ1) is 20.4. The van der Waals surface area contributed by atoms with Crippen molar-refractivity contribution in [2.45, 2.75) is 6.54 Å². The topological polar surface area (TPSA) is 83.7 Å². The summed E-state index contributed by atoms with van der Waals surface area (Å²) in [6.07, 6.45) is 3.52. The van der Waals surface area contributed by atoms with Crippen LogP contribution in [0.1, 0.15) is 31.8 Å². The van der Waals surface area contributed by atoms with Gasteiger partial charge in [0.15, 0.2) is 0 Å². The van der Waals surface area contributed by atoms with Crippen LogP contribution < -0.4 is 5.43 Å². The first-order valence-electron chi connectivity index (χ1n) is 9.50. The molecule has 2 N–H and O–H groups in total. The predicted molar refractivity (Wildman–Crippen MR) is 121 cm³/mol. The van der Waals surface area contributed by atoms with Crippen LogP contribution in [0.15, 0.2) is 84.1 Å². The number of hydrogen-bond acceptors (Lipinski definition) is 3. The van der Waals surface area contributed by atoms with Gasteiger partial charge < -0.3 is 9.67 Å². The molecule has 0 spiro atoms. The molecule has 6 nitrogen and oxygen atoms in total. The number of carbonyl (C=O) groups is 2. The Kier molecular flexibility index (Phi) is 5.82. The number of halogens is 1. The fourth-order valence-electron chi connectivity index (χ4n) is 3.33. The lowest BCUT2D eigenvalue weighted by atomic mass is 10.1. The minimum absolute atomic E-state index is 0.251. The Hall–Kier alpha value is -3.90. The predicted octanol–water partition coefficient (Wildman–Crippen LogP) is 4.81. The molecule has 0 aliphatic heterocycles. The van der Waals surface area contributed by atoms with Crippen molar-refractivity contribution in [3.63, 3.8) is 0 Å². The minimum Gasteiger partial charge on any atom is -0.478 e. The number of carboxylic acid groups (broad SMARTS) is 1. The molecular formula is C24H18ClN3O3. The maximum atomic E-state index is 12.2. The van der Waals surface area contributed by atoms with E-state index >= 15 is 0 Å². The van der Waals surface area contributed by atoms with Crippen LogP contribution in [0.4, 0.5) is 0 Å². The van der Waals surface area contributed by atoms with Gasteiger partial charge in [0.05, 0.1) is 11.8 Å². The molecule has 0 aliphatic carbocycles. The second-order valence-electron chi connectivity index (χ2n) is 6.94. The first-order chi connectivity index (χ1) is 15.0. The molecule has 3 aromatic carbocycles. The average Bonchev–Trinajstić information content (AvgIpc) is 3.12. The number of para-hydroxylation sites is 1. The van der Waals surface area contributed by atoms with Crippen LogP contribution in [0.2, 0.25) is 5.02 Å². The highest BCUT2D eigenvalue weighted by atomic mass is 35.5. The Balaban J connectivity index is 1.57. The molecule has 154 valence electrons. The zero-order chi connectivity index (χ0) is 21.8. The van der Waals surface area contributed by atoms with Crippen LogP contribution in [0.5, 0.6) is 0 Å². The summed E-state index contributed by atoms with van der Waals surface area (Å²) < 4.78 is 2.03. The summed E-state index contributed by atoms with van der Waals surface area (Å²) >= 11 is 5.85. The summed E-state index contributed by atoms with van der Waals surface area (Å²) in [5.41, 5.74) is 5.92. The highest BCUT2D eigenvalue weighted by Gasteiger charge is 2.09. The van der Waals surface area contributed by atoms with E-state index in [0.717, 1.165) is 22.0 Å². The molecule has 0 atom stereocenters. The van der Waals surface area contributed by atoms with Crippen molar-refractivity contribution in [1.29, 1.82) is 0 Å². The Morgan fingerprint density at radius 2 is 1.77 bits per heavy atom. The Labute approximate surface area is 183 Å². The van der Waals surface area contributed by atoms with Crippen LogP contribution in [0.3, 0.4) is 0 Å².